The van der Waals surface area contributed by atoms with Crippen LogP contribution in [0.2, 0.25) is 0 Å². The molecule has 0 saturated carbocycles. The number of carbonyl (C=O) groups excluding carboxylic acids is 3. The van der Waals surface area contributed by atoms with Crippen LogP contribution >= 0.6 is 0 Å². The fourth-order valence-corrected chi connectivity index (χ4v) is 5.73. The molecule has 9 nitrogen and oxygen atoms in total. The van der Waals surface area contributed by atoms with Crippen molar-refractivity contribution in [3.63, 3.8) is 0 Å². The average molecular weight is 501 g/mol. The number of carbonyl (C=O) groups is 3. The van der Waals surface area contributed by atoms with Gasteiger partial charge in [-0.05, 0) is 35.4 Å². The van der Waals surface area contributed by atoms with E-state index in [2.05, 4.69) is 5.32 Å². The number of nitrogens with one attached hydrogen (secondary N) is 1. The van der Waals surface area contributed by atoms with Gasteiger partial charge in [0.1, 0.15) is 19.0 Å². The smallest absolute Gasteiger partial charge is 0.331 e. The van der Waals surface area contributed by atoms with E-state index < -0.39 is 41.2 Å². The van der Waals surface area contributed by atoms with E-state index in [4.69, 9.17) is 14.2 Å². The molecular weight excluding hydrogens is 476 g/mol. The van der Waals surface area contributed by atoms with Gasteiger partial charge in [0.25, 0.3) is 0 Å². The van der Waals surface area contributed by atoms with Crippen LogP contribution in [-0.2, 0) is 24.7 Å². The van der Waals surface area contributed by atoms with Gasteiger partial charge in [-0.25, -0.2) is 9.69 Å². The van der Waals surface area contributed by atoms with Gasteiger partial charge in [-0.3, -0.25) is 14.9 Å². The third kappa shape index (κ3) is 3.38. The van der Waals surface area contributed by atoms with Gasteiger partial charge in [0, 0.05) is 12.1 Å². The van der Waals surface area contributed by atoms with Crippen molar-refractivity contribution in [2.45, 2.75) is 11.6 Å². The zero-order valence-electron chi connectivity index (χ0n) is 19.9. The largest absolute Gasteiger partial charge is 0.508 e. The van der Waals surface area contributed by atoms with Crippen LogP contribution in [0.1, 0.15) is 17.2 Å². The summed E-state index contributed by atoms with van der Waals surface area (Å²) < 4.78 is 16.5. The first-order chi connectivity index (χ1) is 18.0. The summed E-state index contributed by atoms with van der Waals surface area (Å²) in [6, 6.07) is 19.4. The topological polar surface area (TPSA) is 114 Å². The molecule has 37 heavy (non-hydrogen) atoms. The van der Waals surface area contributed by atoms with Gasteiger partial charge in [0.15, 0.2) is 17.0 Å². The Bertz CT molecular complexity index is 1390. The minimum atomic E-state index is -1.61. The molecule has 2 saturated heterocycles. The van der Waals surface area contributed by atoms with Crippen LogP contribution in [0, 0.1) is 11.8 Å². The van der Waals surface area contributed by atoms with Crippen molar-refractivity contribution in [2.75, 3.05) is 25.2 Å². The second-order valence-electron chi connectivity index (χ2n) is 9.22. The first-order valence-corrected chi connectivity index (χ1v) is 11.9. The molecular formula is C28H24N2O7. The first-order valence-electron chi connectivity index (χ1n) is 11.9. The highest BCUT2D eigenvalue weighted by Crippen LogP contribution is 2.54. The Morgan fingerprint density at radius 3 is 2.38 bits per heavy atom. The van der Waals surface area contributed by atoms with Crippen LogP contribution in [-0.4, -0.2) is 43.2 Å². The second kappa shape index (κ2) is 8.63. The predicted octanol–water partition coefficient (Wildman–Crippen LogP) is 2.68. The van der Waals surface area contributed by atoms with Crippen molar-refractivity contribution in [3.05, 3.63) is 83.9 Å². The number of fused-ring (bicyclic) bond motifs is 2. The molecule has 0 radical (unpaired) electrons. The minimum Gasteiger partial charge on any atom is -0.508 e. The van der Waals surface area contributed by atoms with Gasteiger partial charge in [-0.15, -0.1) is 0 Å². The van der Waals surface area contributed by atoms with E-state index in [1.165, 1.54) is 19.2 Å². The Morgan fingerprint density at radius 1 is 0.973 bits per heavy atom. The molecule has 3 aromatic rings. The highest BCUT2D eigenvalue weighted by Gasteiger charge is 2.69. The van der Waals surface area contributed by atoms with Gasteiger partial charge in [-0.2, -0.15) is 0 Å². The van der Waals surface area contributed by atoms with Crippen molar-refractivity contribution >= 4 is 23.5 Å². The van der Waals surface area contributed by atoms with Gasteiger partial charge in [0.2, 0.25) is 11.8 Å². The number of amides is 2. The summed E-state index contributed by atoms with van der Waals surface area (Å²) in [6.07, 6.45) is 0. The normalized spacial score (nSPS) is 26.2. The number of imide groups is 1. The summed E-state index contributed by atoms with van der Waals surface area (Å²) in [7, 11) is 1.26. The Kier molecular flexibility index (Phi) is 5.38. The van der Waals surface area contributed by atoms with Crippen molar-refractivity contribution in [3.8, 4) is 17.2 Å². The maximum absolute atomic E-state index is 14.2. The lowest BCUT2D eigenvalue weighted by atomic mass is 9.75. The van der Waals surface area contributed by atoms with E-state index in [9.17, 15) is 19.5 Å². The number of phenolic OH excluding ortho intramolecular Hbond substituents is 1. The molecule has 9 heteroatoms. The molecule has 188 valence electrons. The Hall–Kier alpha value is -4.37. The lowest BCUT2D eigenvalue weighted by Gasteiger charge is -2.33. The van der Waals surface area contributed by atoms with Gasteiger partial charge < -0.3 is 19.3 Å². The molecule has 0 unspecified atom stereocenters. The molecule has 3 aliphatic rings. The van der Waals surface area contributed by atoms with Crippen molar-refractivity contribution in [2.24, 2.45) is 11.8 Å². The lowest BCUT2D eigenvalue weighted by molar-refractivity contribution is -0.152. The highest BCUT2D eigenvalue weighted by molar-refractivity contribution is 6.24. The monoisotopic (exact) mass is 500 g/mol. The van der Waals surface area contributed by atoms with Crippen LogP contribution in [0.5, 0.6) is 17.2 Å². The Morgan fingerprint density at radius 2 is 1.68 bits per heavy atom. The summed E-state index contributed by atoms with van der Waals surface area (Å²) in [5, 5.41) is 13.2. The molecule has 0 aliphatic carbocycles. The number of rotatable bonds is 4. The van der Waals surface area contributed by atoms with Gasteiger partial charge in [-0.1, -0.05) is 42.5 Å². The van der Waals surface area contributed by atoms with Crippen LogP contribution < -0.4 is 19.7 Å². The number of ether oxygens (including phenoxy) is 3. The second-order valence-corrected chi connectivity index (χ2v) is 9.22. The minimum absolute atomic E-state index is 0.0623. The number of methoxy groups -OCH3 is 1. The number of hydrogen-bond donors (Lipinski definition) is 2. The maximum Gasteiger partial charge on any atom is 0.331 e. The van der Waals surface area contributed by atoms with Crippen molar-refractivity contribution in [1.82, 2.24) is 5.32 Å². The molecule has 0 bridgehead atoms. The number of hydrogen-bond acceptors (Lipinski definition) is 8. The maximum atomic E-state index is 14.2. The van der Waals surface area contributed by atoms with E-state index in [1.807, 2.05) is 6.07 Å². The molecule has 2 fully saturated rings. The summed E-state index contributed by atoms with van der Waals surface area (Å²) >= 11 is 0. The van der Waals surface area contributed by atoms with Crippen molar-refractivity contribution < 1.29 is 33.7 Å². The number of phenols is 1. The zero-order chi connectivity index (χ0) is 25.7. The van der Waals surface area contributed by atoms with E-state index in [-0.39, 0.29) is 5.75 Å². The molecule has 4 atom stereocenters. The van der Waals surface area contributed by atoms with Gasteiger partial charge >= 0.3 is 5.97 Å². The summed E-state index contributed by atoms with van der Waals surface area (Å²) in [6.45, 7) is 0.771. The van der Waals surface area contributed by atoms with Crippen LogP contribution in [0.15, 0.2) is 72.8 Å². The zero-order valence-corrected chi connectivity index (χ0v) is 19.9. The Labute approximate surface area is 212 Å². The third-order valence-corrected chi connectivity index (χ3v) is 7.33. The standard InChI is InChI=1S/C28H24N2O7/c1-35-27(34)28(17-5-3-2-4-6-17)23-22(24(29-28)16-7-10-19(31)11-8-16)25(32)30(26(23)33)18-9-12-20-21(15-18)37-14-13-36-20/h2-12,15,22-24,29,31H,13-14H2,1H3/t22-,23+,24-,28+/m0/s1. The third-order valence-electron chi connectivity index (χ3n) is 7.33. The van der Waals surface area contributed by atoms with Crippen LogP contribution in [0.25, 0.3) is 0 Å². The van der Waals surface area contributed by atoms with E-state index >= 15 is 0 Å². The summed E-state index contributed by atoms with van der Waals surface area (Å²) in [5.74, 6) is -2.59. The molecule has 2 N–H and O–H groups in total. The van der Waals surface area contributed by atoms with E-state index in [0.717, 1.165) is 4.90 Å². The van der Waals surface area contributed by atoms with Gasteiger partial charge in [0.05, 0.1) is 24.6 Å². The first kappa shape index (κ1) is 23.1. The fourth-order valence-electron chi connectivity index (χ4n) is 5.73. The number of aromatic hydroxyl groups is 1. The average Bonchev–Trinajstić information content (AvgIpc) is 3.43. The SMILES string of the molecule is COC(=O)[C@]1(c2ccccc2)N[C@@H](c2ccc(O)cc2)[C@H]2C(=O)N(c3ccc4c(c3)OCCO4)C(=O)[C@@H]21. The number of esters is 1. The van der Waals surface area contributed by atoms with Crippen LogP contribution in [0.4, 0.5) is 5.69 Å². The van der Waals surface area contributed by atoms with E-state index in [0.29, 0.717) is 41.5 Å². The van der Waals surface area contributed by atoms with Crippen molar-refractivity contribution in [1.29, 1.82) is 0 Å². The Balaban J connectivity index is 1.52. The highest BCUT2D eigenvalue weighted by atomic mass is 16.6. The quantitative estimate of drug-likeness (QED) is 0.415. The van der Waals surface area contributed by atoms with E-state index in [1.54, 1.807) is 54.6 Å². The number of nitrogens with zero attached hydrogens (tertiary/aromatic N) is 1. The number of anilines is 1. The predicted molar refractivity (Wildman–Crippen MR) is 131 cm³/mol. The molecule has 0 aromatic heterocycles. The molecule has 2 amide bonds. The lowest BCUT2D eigenvalue weighted by Crippen LogP contribution is -2.53. The fraction of sp³-hybridized carbons (Fsp3) is 0.250. The molecule has 3 aliphatic heterocycles. The summed E-state index contributed by atoms with van der Waals surface area (Å²) in [5.41, 5.74) is -0.105. The molecule has 6 rings (SSSR count). The molecule has 3 aromatic carbocycles. The summed E-state index contributed by atoms with van der Waals surface area (Å²) in [4.78, 5) is 42.9. The van der Waals surface area contributed by atoms with Crippen LogP contribution in [0.3, 0.4) is 0 Å². The molecule has 3 heterocycles. The number of benzene rings is 3. The molecule has 0 spiro atoms.